The van der Waals surface area contributed by atoms with Gasteiger partial charge >= 0.3 is 0 Å². The van der Waals surface area contributed by atoms with Crippen molar-refractivity contribution in [1.29, 1.82) is 0 Å². The van der Waals surface area contributed by atoms with Gasteiger partial charge in [-0.1, -0.05) is 6.07 Å². The maximum atomic E-state index is 11.4. The van der Waals surface area contributed by atoms with Crippen molar-refractivity contribution in [2.45, 2.75) is 13.0 Å². The molecule has 1 heterocycles. The summed E-state index contributed by atoms with van der Waals surface area (Å²) < 4.78 is 0. The number of amides is 1. The van der Waals surface area contributed by atoms with E-state index in [2.05, 4.69) is 10.7 Å². The fourth-order valence-electron chi connectivity index (χ4n) is 1.76. The first-order valence-electron chi connectivity index (χ1n) is 5.56. The summed E-state index contributed by atoms with van der Waals surface area (Å²) in [6.07, 6.45) is 0. The van der Waals surface area contributed by atoms with E-state index in [4.69, 9.17) is 11.5 Å². The average molecular weight is 261 g/mol. The SMILES string of the molecule is CC(Nc1c(N)cccc1C(N)=O)c1ccsc1. The van der Waals surface area contributed by atoms with Gasteiger partial charge in [0.1, 0.15) is 0 Å². The Morgan fingerprint density at radius 1 is 1.39 bits per heavy atom. The van der Waals surface area contributed by atoms with Crippen LogP contribution in [0.2, 0.25) is 0 Å². The first-order valence-corrected chi connectivity index (χ1v) is 6.51. The van der Waals surface area contributed by atoms with E-state index in [9.17, 15) is 4.79 Å². The number of rotatable bonds is 4. The molecule has 1 unspecified atom stereocenters. The zero-order valence-corrected chi connectivity index (χ0v) is 10.8. The molecule has 1 atom stereocenters. The number of primary amides is 1. The smallest absolute Gasteiger partial charge is 0.250 e. The molecular weight excluding hydrogens is 246 g/mol. The second-order valence-corrected chi connectivity index (χ2v) is 4.84. The van der Waals surface area contributed by atoms with Gasteiger partial charge in [-0.25, -0.2) is 0 Å². The van der Waals surface area contributed by atoms with E-state index in [1.54, 1.807) is 29.5 Å². The van der Waals surface area contributed by atoms with Crippen LogP contribution in [-0.2, 0) is 0 Å². The Hall–Kier alpha value is -2.01. The summed E-state index contributed by atoms with van der Waals surface area (Å²) in [5.74, 6) is -0.484. The number of hydrogen-bond donors (Lipinski definition) is 3. The number of para-hydroxylation sites is 1. The summed E-state index contributed by atoms with van der Waals surface area (Å²) in [6, 6.07) is 7.23. The Labute approximate surface area is 110 Å². The van der Waals surface area contributed by atoms with E-state index < -0.39 is 5.91 Å². The molecule has 0 aliphatic carbocycles. The molecular formula is C13H15N3OS. The lowest BCUT2D eigenvalue weighted by Gasteiger charge is -2.18. The van der Waals surface area contributed by atoms with Crippen LogP contribution in [-0.4, -0.2) is 5.91 Å². The van der Waals surface area contributed by atoms with Crippen LogP contribution in [0.4, 0.5) is 11.4 Å². The van der Waals surface area contributed by atoms with Crippen molar-refractivity contribution in [3.63, 3.8) is 0 Å². The number of carbonyl (C=O) groups excluding carboxylic acids is 1. The minimum absolute atomic E-state index is 0.0686. The van der Waals surface area contributed by atoms with Gasteiger partial charge in [-0.3, -0.25) is 4.79 Å². The number of anilines is 2. The molecule has 0 radical (unpaired) electrons. The van der Waals surface area contributed by atoms with Crippen molar-refractivity contribution >= 4 is 28.6 Å². The summed E-state index contributed by atoms with van der Waals surface area (Å²) in [6.45, 7) is 2.01. The van der Waals surface area contributed by atoms with Crippen molar-refractivity contribution in [2.75, 3.05) is 11.1 Å². The molecule has 0 saturated heterocycles. The van der Waals surface area contributed by atoms with E-state index >= 15 is 0 Å². The molecule has 0 aliphatic rings. The van der Waals surface area contributed by atoms with Gasteiger partial charge in [0.05, 0.1) is 16.9 Å². The quantitative estimate of drug-likeness (QED) is 0.740. The number of benzene rings is 1. The highest BCUT2D eigenvalue weighted by molar-refractivity contribution is 7.08. The second-order valence-electron chi connectivity index (χ2n) is 4.06. The van der Waals surface area contributed by atoms with Crippen LogP contribution in [0.3, 0.4) is 0 Å². The van der Waals surface area contributed by atoms with Crippen molar-refractivity contribution in [3.8, 4) is 0 Å². The second kappa shape index (κ2) is 5.10. The molecule has 1 aromatic heterocycles. The minimum atomic E-state index is -0.484. The highest BCUT2D eigenvalue weighted by atomic mass is 32.1. The van der Waals surface area contributed by atoms with Crippen molar-refractivity contribution in [1.82, 2.24) is 0 Å². The van der Waals surface area contributed by atoms with Crippen molar-refractivity contribution in [2.24, 2.45) is 5.73 Å². The molecule has 1 aromatic carbocycles. The molecule has 0 bridgehead atoms. The summed E-state index contributed by atoms with van der Waals surface area (Å²) in [7, 11) is 0. The number of nitrogens with one attached hydrogen (secondary N) is 1. The van der Waals surface area contributed by atoms with Crippen LogP contribution in [0.25, 0.3) is 0 Å². The summed E-state index contributed by atoms with van der Waals surface area (Å²) in [4.78, 5) is 11.4. The lowest BCUT2D eigenvalue weighted by atomic mass is 10.1. The van der Waals surface area contributed by atoms with Crippen LogP contribution in [0.15, 0.2) is 35.0 Å². The Balaban J connectivity index is 2.31. The molecule has 0 aliphatic heterocycles. The minimum Gasteiger partial charge on any atom is -0.397 e. The summed E-state index contributed by atoms with van der Waals surface area (Å²) in [5.41, 5.74) is 13.9. The average Bonchev–Trinajstić information content (AvgIpc) is 2.85. The Morgan fingerprint density at radius 2 is 2.17 bits per heavy atom. The molecule has 0 saturated carbocycles. The van der Waals surface area contributed by atoms with Crippen molar-refractivity contribution < 1.29 is 4.79 Å². The highest BCUT2D eigenvalue weighted by Gasteiger charge is 2.14. The van der Waals surface area contributed by atoms with Gasteiger partial charge in [-0.15, -0.1) is 0 Å². The van der Waals surface area contributed by atoms with Gasteiger partial charge < -0.3 is 16.8 Å². The molecule has 2 aromatic rings. The first kappa shape index (κ1) is 12.4. The van der Waals surface area contributed by atoms with E-state index in [0.29, 0.717) is 16.9 Å². The maximum Gasteiger partial charge on any atom is 0.250 e. The normalized spacial score (nSPS) is 12.1. The Kier molecular flexibility index (Phi) is 3.53. The molecule has 94 valence electrons. The fraction of sp³-hybridized carbons (Fsp3) is 0.154. The fourth-order valence-corrected chi connectivity index (χ4v) is 2.51. The third kappa shape index (κ3) is 2.46. The maximum absolute atomic E-state index is 11.4. The number of nitrogens with two attached hydrogens (primary N) is 2. The topological polar surface area (TPSA) is 81.1 Å². The monoisotopic (exact) mass is 261 g/mol. The zero-order valence-electron chi connectivity index (χ0n) is 10.0. The predicted molar refractivity (Wildman–Crippen MR) is 75.7 cm³/mol. The molecule has 5 heteroatoms. The highest BCUT2D eigenvalue weighted by Crippen LogP contribution is 2.28. The summed E-state index contributed by atoms with van der Waals surface area (Å²) >= 11 is 1.63. The van der Waals surface area contributed by atoms with Crippen LogP contribution in [0.1, 0.15) is 28.9 Å². The first-order chi connectivity index (χ1) is 8.59. The summed E-state index contributed by atoms with van der Waals surface area (Å²) in [5, 5.41) is 7.31. The molecule has 4 nitrogen and oxygen atoms in total. The van der Waals surface area contributed by atoms with Gasteiger partial charge in [-0.05, 0) is 41.4 Å². The number of hydrogen-bond acceptors (Lipinski definition) is 4. The van der Waals surface area contributed by atoms with Crippen LogP contribution < -0.4 is 16.8 Å². The van der Waals surface area contributed by atoms with Crippen LogP contribution in [0, 0.1) is 0 Å². The number of carbonyl (C=O) groups is 1. The lowest BCUT2D eigenvalue weighted by Crippen LogP contribution is -2.17. The van der Waals surface area contributed by atoms with Gasteiger partial charge in [-0.2, -0.15) is 11.3 Å². The van der Waals surface area contributed by atoms with E-state index in [-0.39, 0.29) is 6.04 Å². The Bertz CT molecular complexity index is 551. The van der Waals surface area contributed by atoms with E-state index in [1.165, 1.54) is 0 Å². The zero-order chi connectivity index (χ0) is 13.1. The molecule has 0 spiro atoms. The standard InChI is InChI=1S/C13H15N3OS/c1-8(9-5-6-18-7-9)16-12-10(13(15)17)3-2-4-11(12)14/h2-8,16H,14H2,1H3,(H2,15,17). The van der Waals surface area contributed by atoms with Gasteiger partial charge in [0.2, 0.25) is 0 Å². The number of nitrogen functional groups attached to an aromatic ring is 1. The number of thiophene rings is 1. The molecule has 18 heavy (non-hydrogen) atoms. The molecule has 0 fully saturated rings. The molecule has 1 amide bonds. The Morgan fingerprint density at radius 3 is 2.78 bits per heavy atom. The van der Waals surface area contributed by atoms with Gasteiger partial charge in [0.25, 0.3) is 5.91 Å². The van der Waals surface area contributed by atoms with Crippen molar-refractivity contribution in [3.05, 3.63) is 46.2 Å². The third-order valence-corrected chi connectivity index (χ3v) is 3.47. The third-order valence-electron chi connectivity index (χ3n) is 2.77. The van der Waals surface area contributed by atoms with E-state index in [1.807, 2.05) is 18.4 Å². The lowest BCUT2D eigenvalue weighted by molar-refractivity contribution is 0.100. The van der Waals surface area contributed by atoms with Gasteiger partial charge in [0, 0.05) is 6.04 Å². The van der Waals surface area contributed by atoms with Crippen LogP contribution >= 0.6 is 11.3 Å². The van der Waals surface area contributed by atoms with E-state index in [0.717, 1.165) is 5.56 Å². The largest absolute Gasteiger partial charge is 0.397 e. The van der Waals surface area contributed by atoms with Crippen LogP contribution in [0.5, 0.6) is 0 Å². The molecule has 5 N–H and O–H groups in total. The molecule has 2 rings (SSSR count). The van der Waals surface area contributed by atoms with Gasteiger partial charge in [0.15, 0.2) is 0 Å². The predicted octanol–water partition coefficient (Wildman–Crippen LogP) is 2.60.